The summed E-state index contributed by atoms with van der Waals surface area (Å²) in [6.45, 7) is 8.05. The molecule has 0 amide bonds. The maximum atomic E-state index is 5.80. The van der Waals surface area contributed by atoms with E-state index in [9.17, 15) is 0 Å². The molecule has 0 aromatic heterocycles. The molecule has 19 heavy (non-hydrogen) atoms. The van der Waals surface area contributed by atoms with Crippen molar-refractivity contribution in [2.45, 2.75) is 45.4 Å². The number of hydrogen-bond acceptors (Lipinski definition) is 3. The molecule has 1 heterocycles. The molecule has 0 bridgehead atoms. The van der Waals surface area contributed by atoms with Crippen LogP contribution in [0, 0.1) is 0 Å². The molecule has 1 aromatic rings. The van der Waals surface area contributed by atoms with Crippen LogP contribution < -0.4 is 5.73 Å². The molecule has 2 rings (SSSR count). The Morgan fingerprint density at radius 3 is 2.74 bits per heavy atom. The van der Waals surface area contributed by atoms with Crippen LogP contribution in [0.1, 0.15) is 31.4 Å². The van der Waals surface area contributed by atoms with Gasteiger partial charge >= 0.3 is 0 Å². The van der Waals surface area contributed by atoms with Crippen LogP contribution in [0.3, 0.4) is 0 Å². The molecular weight excluding hydrogens is 236 g/mol. The highest BCUT2D eigenvalue weighted by molar-refractivity contribution is 5.27. The average molecular weight is 262 g/mol. The van der Waals surface area contributed by atoms with E-state index >= 15 is 0 Å². The predicted molar refractivity (Wildman–Crippen MR) is 79.1 cm³/mol. The lowest BCUT2D eigenvalue weighted by molar-refractivity contribution is -0.0552. The number of morpholine rings is 1. The number of rotatable bonds is 5. The fourth-order valence-electron chi connectivity index (χ4n) is 2.83. The van der Waals surface area contributed by atoms with Gasteiger partial charge in [0.15, 0.2) is 0 Å². The van der Waals surface area contributed by atoms with Gasteiger partial charge in [-0.05, 0) is 30.9 Å². The van der Waals surface area contributed by atoms with Gasteiger partial charge in [0.25, 0.3) is 0 Å². The van der Waals surface area contributed by atoms with Gasteiger partial charge < -0.3 is 10.5 Å². The van der Waals surface area contributed by atoms with E-state index in [0.717, 1.165) is 32.5 Å². The fourth-order valence-corrected chi connectivity index (χ4v) is 2.83. The van der Waals surface area contributed by atoms with E-state index in [1.165, 1.54) is 11.1 Å². The normalized spacial score (nSPS) is 24.6. The minimum absolute atomic E-state index is 0.354. The second-order valence-corrected chi connectivity index (χ2v) is 5.42. The van der Waals surface area contributed by atoms with E-state index in [4.69, 9.17) is 10.5 Å². The predicted octanol–water partition coefficient (Wildman–Crippen LogP) is 2.19. The molecule has 2 atom stereocenters. The molecule has 2 N–H and O–H groups in total. The van der Waals surface area contributed by atoms with E-state index in [2.05, 4.69) is 43.0 Å². The van der Waals surface area contributed by atoms with Crippen LogP contribution in [0.5, 0.6) is 0 Å². The molecule has 0 radical (unpaired) electrons. The Bertz CT molecular complexity index is 394. The highest BCUT2D eigenvalue weighted by Crippen LogP contribution is 2.16. The van der Waals surface area contributed by atoms with Crippen molar-refractivity contribution in [3.8, 4) is 0 Å². The van der Waals surface area contributed by atoms with Crippen LogP contribution in [-0.2, 0) is 17.7 Å². The van der Waals surface area contributed by atoms with Gasteiger partial charge in [-0.2, -0.15) is 0 Å². The molecule has 0 spiro atoms. The van der Waals surface area contributed by atoms with Gasteiger partial charge in [-0.15, -0.1) is 0 Å². The third-order valence-electron chi connectivity index (χ3n) is 4.06. The quantitative estimate of drug-likeness (QED) is 0.884. The van der Waals surface area contributed by atoms with E-state index in [1.54, 1.807) is 0 Å². The minimum Gasteiger partial charge on any atom is -0.376 e. The lowest BCUT2D eigenvalue weighted by Gasteiger charge is -2.38. The molecule has 106 valence electrons. The molecule has 1 saturated heterocycles. The van der Waals surface area contributed by atoms with Crippen molar-refractivity contribution in [3.05, 3.63) is 35.4 Å². The minimum atomic E-state index is 0.354. The first-order valence-electron chi connectivity index (χ1n) is 7.37. The van der Waals surface area contributed by atoms with Gasteiger partial charge in [0.2, 0.25) is 0 Å². The van der Waals surface area contributed by atoms with Crippen LogP contribution in [-0.4, -0.2) is 36.7 Å². The summed E-state index contributed by atoms with van der Waals surface area (Å²) in [5, 5.41) is 0. The maximum absolute atomic E-state index is 5.80. The Morgan fingerprint density at radius 2 is 2.05 bits per heavy atom. The first-order chi connectivity index (χ1) is 9.24. The van der Waals surface area contributed by atoms with Crippen LogP contribution >= 0.6 is 0 Å². The molecule has 1 aliphatic heterocycles. The highest BCUT2D eigenvalue weighted by Gasteiger charge is 2.24. The summed E-state index contributed by atoms with van der Waals surface area (Å²) in [4.78, 5) is 2.57. The van der Waals surface area contributed by atoms with Gasteiger partial charge in [0.05, 0.1) is 12.7 Å². The Kier molecular flexibility index (Phi) is 5.37. The highest BCUT2D eigenvalue weighted by atomic mass is 16.5. The molecule has 2 unspecified atom stereocenters. The number of benzene rings is 1. The van der Waals surface area contributed by atoms with E-state index in [-0.39, 0.29) is 0 Å². The van der Waals surface area contributed by atoms with Crippen LogP contribution in [0.15, 0.2) is 24.3 Å². The number of ether oxygens (including phenoxy) is 1. The summed E-state index contributed by atoms with van der Waals surface area (Å²) in [6, 6.07) is 9.08. The SMILES string of the molecule is CCC1COC(C)CN1CCc1ccccc1CN. The van der Waals surface area contributed by atoms with Crippen molar-refractivity contribution < 1.29 is 4.74 Å². The lowest BCUT2D eigenvalue weighted by Crippen LogP contribution is -2.49. The average Bonchev–Trinajstić information content (AvgIpc) is 2.45. The summed E-state index contributed by atoms with van der Waals surface area (Å²) >= 11 is 0. The smallest absolute Gasteiger partial charge is 0.0674 e. The van der Waals surface area contributed by atoms with Gasteiger partial charge in [-0.25, -0.2) is 0 Å². The molecule has 1 aliphatic rings. The van der Waals surface area contributed by atoms with Crippen molar-refractivity contribution in [3.63, 3.8) is 0 Å². The van der Waals surface area contributed by atoms with Crippen molar-refractivity contribution in [2.24, 2.45) is 5.73 Å². The fraction of sp³-hybridized carbons (Fsp3) is 0.625. The summed E-state index contributed by atoms with van der Waals surface area (Å²) in [6.07, 6.45) is 2.59. The van der Waals surface area contributed by atoms with Gasteiger partial charge in [0.1, 0.15) is 0 Å². The second kappa shape index (κ2) is 7.04. The van der Waals surface area contributed by atoms with Crippen LogP contribution in [0.4, 0.5) is 0 Å². The summed E-state index contributed by atoms with van der Waals surface area (Å²) in [5.41, 5.74) is 8.46. The molecule has 0 aliphatic carbocycles. The molecule has 3 heteroatoms. The molecule has 1 fully saturated rings. The number of nitrogens with zero attached hydrogens (tertiary/aromatic N) is 1. The monoisotopic (exact) mass is 262 g/mol. The third-order valence-corrected chi connectivity index (χ3v) is 4.06. The zero-order valence-corrected chi connectivity index (χ0v) is 12.1. The molecular formula is C16H26N2O. The van der Waals surface area contributed by atoms with Crippen LogP contribution in [0.25, 0.3) is 0 Å². The van der Waals surface area contributed by atoms with Crippen molar-refractivity contribution in [1.29, 1.82) is 0 Å². The molecule has 0 saturated carbocycles. The lowest BCUT2D eigenvalue weighted by atomic mass is 10.0. The van der Waals surface area contributed by atoms with Crippen molar-refractivity contribution in [1.82, 2.24) is 4.90 Å². The van der Waals surface area contributed by atoms with E-state index in [0.29, 0.717) is 18.7 Å². The number of nitrogens with two attached hydrogens (primary N) is 1. The van der Waals surface area contributed by atoms with Crippen LogP contribution in [0.2, 0.25) is 0 Å². The van der Waals surface area contributed by atoms with Crippen molar-refractivity contribution in [2.75, 3.05) is 19.7 Å². The standard InChI is InChI=1S/C16H26N2O/c1-3-16-12-19-13(2)11-18(16)9-8-14-6-4-5-7-15(14)10-17/h4-7,13,16H,3,8-12,17H2,1-2H3. The van der Waals surface area contributed by atoms with E-state index in [1.807, 2.05) is 0 Å². The molecule has 3 nitrogen and oxygen atoms in total. The van der Waals surface area contributed by atoms with Gasteiger partial charge in [0, 0.05) is 25.7 Å². The Hall–Kier alpha value is -0.900. The van der Waals surface area contributed by atoms with Gasteiger partial charge in [-0.1, -0.05) is 31.2 Å². The maximum Gasteiger partial charge on any atom is 0.0674 e. The van der Waals surface area contributed by atoms with E-state index < -0.39 is 0 Å². The molecule has 1 aromatic carbocycles. The first kappa shape index (κ1) is 14.5. The summed E-state index contributed by atoms with van der Waals surface area (Å²) in [7, 11) is 0. The zero-order chi connectivity index (χ0) is 13.7. The Morgan fingerprint density at radius 1 is 1.32 bits per heavy atom. The second-order valence-electron chi connectivity index (χ2n) is 5.42. The van der Waals surface area contributed by atoms with Crippen molar-refractivity contribution >= 4 is 0 Å². The van der Waals surface area contributed by atoms with Gasteiger partial charge in [-0.3, -0.25) is 4.90 Å². The Balaban J connectivity index is 1.96. The number of hydrogen-bond donors (Lipinski definition) is 1. The zero-order valence-electron chi connectivity index (χ0n) is 12.1. The third kappa shape index (κ3) is 3.78. The topological polar surface area (TPSA) is 38.5 Å². The largest absolute Gasteiger partial charge is 0.376 e. The summed E-state index contributed by atoms with van der Waals surface area (Å²) < 4.78 is 5.75. The first-order valence-corrected chi connectivity index (χ1v) is 7.37. The summed E-state index contributed by atoms with van der Waals surface area (Å²) in [5.74, 6) is 0. The Labute approximate surface area is 116 Å².